The van der Waals surface area contributed by atoms with E-state index in [0.29, 0.717) is 19.4 Å². The van der Waals surface area contributed by atoms with Gasteiger partial charge in [0.15, 0.2) is 9.84 Å². The molecule has 2 atom stereocenters. The van der Waals surface area contributed by atoms with Crippen LogP contribution in [-0.4, -0.2) is 54.2 Å². The van der Waals surface area contributed by atoms with E-state index in [4.69, 9.17) is 9.84 Å². The monoisotopic (exact) mass is 280 g/mol. The Hall–Kier alpha value is -0.270. The number of rotatable bonds is 3. The summed E-state index contributed by atoms with van der Waals surface area (Å²) in [6, 6.07) is 0. The zero-order chi connectivity index (χ0) is 12.5. The van der Waals surface area contributed by atoms with Crippen LogP contribution in [0.1, 0.15) is 19.3 Å². The van der Waals surface area contributed by atoms with Crippen LogP contribution in [0.25, 0.3) is 0 Å². The van der Waals surface area contributed by atoms with Gasteiger partial charge in [0.05, 0.1) is 10.9 Å². The zero-order valence-electron chi connectivity index (χ0n) is 9.42. The van der Waals surface area contributed by atoms with Crippen LogP contribution in [0.2, 0.25) is 0 Å². The Morgan fingerprint density at radius 2 is 2.29 bits per heavy atom. The fourth-order valence-electron chi connectivity index (χ4n) is 2.44. The molecule has 98 valence electrons. The molecular weight excluding hydrogens is 264 g/mol. The number of sulfone groups is 1. The number of ether oxygens (including phenoxy) is 1. The van der Waals surface area contributed by atoms with Crippen molar-refractivity contribution in [2.24, 2.45) is 0 Å². The molecule has 7 heteroatoms. The fraction of sp³-hybridized carbons (Fsp3) is 0.900. The lowest BCUT2D eigenvalue weighted by Gasteiger charge is -2.37. The zero-order valence-corrected chi connectivity index (χ0v) is 11.1. The minimum Gasteiger partial charge on any atom is -0.480 e. The Morgan fingerprint density at radius 1 is 1.53 bits per heavy atom. The molecule has 17 heavy (non-hydrogen) atoms. The summed E-state index contributed by atoms with van der Waals surface area (Å²) in [5.41, 5.74) is -0.320. The predicted molar refractivity (Wildman–Crippen MR) is 65.1 cm³/mol. The molecule has 0 aromatic heterocycles. The molecule has 5 nitrogen and oxygen atoms in total. The first-order chi connectivity index (χ1) is 7.94. The predicted octanol–water partition coefficient (Wildman–Crippen LogP) is 0.541. The summed E-state index contributed by atoms with van der Waals surface area (Å²) in [7, 11) is -3.53. The van der Waals surface area contributed by atoms with E-state index in [-0.39, 0.29) is 5.60 Å². The molecule has 2 aliphatic rings. The lowest BCUT2D eigenvalue weighted by Crippen LogP contribution is -2.45. The van der Waals surface area contributed by atoms with Gasteiger partial charge in [0.2, 0.25) is 0 Å². The summed E-state index contributed by atoms with van der Waals surface area (Å²) in [5.74, 6) is -0.218. The summed E-state index contributed by atoms with van der Waals surface area (Å²) in [5, 5.41) is 8.07. The number of carboxylic acids is 1. The Morgan fingerprint density at radius 3 is 2.88 bits per heavy atom. The second-order valence-electron chi connectivity index (χ2n) is 4.65. The van der Waals surface area contributed by atoms with Crippen LogP contribution in [0, 0.1) is 0 Å². The maximum atomic E-state index is 11.9. The molecule has 0 bridgehead atoms. The van der Waals surface area contributed by atoms with Crippen LogP contribution >= 0.6 is 11.8 Å². The molecular formula is C10H16O5S2. The summed E-state index contributed by atoms with van der Waals surface area (Å²) in [6.07, 6.45) is 1.74. The average Bonchev–Trinajstić information content (AvgIpc) is 2.64. The molecule has 2 aliphatic heterocycles. The Balaban J connectivity index is 2.09. The van der Waals surface area contributed by atoms with Gasteiger partial charge in [-0.15, -0.1) is 0 Å². The lowest BCUT2D eigenvalue weighted by molar-refractivity contribution is -0.134. The number of thioether (sulfide) groups is 1. The second-order valence-corrected chi connectivity index (χ2v) is 8.04. The summed E-state index contributed by atoms with van der Waals surface area (Å²) >= 11 is 1.77. The van der Waals surface area contributed by atoms with Crippen molar-refractivity contribution in [3.05, 3.63) is 0 Å². The van der Waals surface area contributed by atoms with Crippen LogP contribution in [-0.2, 0) is 19.4 Å². The number of hydrogen-bond acceptors (Lipinski definition) is 5. The maximum absolute atomic E-state index is 11.9. The highest BCUT2D eigenvalue weighted by Gasteiger charge is 2.44. The van der Waals surface area contributed by atoms with Crippen LogP contribution in [0.15, 0.2) is 0 Å². The van der Waals surface area contributed by atoms with E-state index in [1.807, 2.05) is 0 Å². The van der Waals surface area contributed by atoms with Gasteiger partial charge in [-0.3, -0.25) is 4.79 Å². The van der Waals surface area contributed by atoms with Gasteiger partial charge in [0.1, 0.15) is 5.75 Å². The van der Waals surface area contributed by atoms with Crippen molar-refractivity contribution in [3.63, 3.8) is 0 Å². The van der Waals surface area contributed by atoms with Gasteiger partial charge in [-0.1, -0.05) is 0 Å². The van der Waals surface area contributed by atoms with Gasteiger partial charge in [0, 0.05) is 12.4 Å². The maximum Gasteiger partial charge on any atom is 0.318 e. The van der Waals surface area contributed by atoms with Crippen LogP contribution < -0.4 is 0 Å². The Labute approximate surface area is 105 Å². The van der Waals surface area contributed by atoms with E-state index >= 15 is 0 Å². The first kappa shape index (κ1) is 13.2. The van der Waals surface area contributed by atoms with Crippen molar-refractivity contribution in [3.8, 4) is 0 Å². The van der Waals surface area contributed by atoms with Gasteiger partial charge >= 0.3 is 5.97 Å². The van der Waals surface area contributed by atoms with E-state index in [1.54, 1.807) is 11.8 Å². The second kappa shape index (κ2) is 4.78. The topological polar surface area (TPSA) is 80.7 Å². The Kier molecular flexibility index (Phi) is 3.70. The highest BCUT2D eigenvalue weighted by molar-refractivity contribution is 7.99. The molecule has 2 unspecified atom stereocenters. The minimum atomic E-state index is -3.53. The molecule has 1 N–H and O–H groups in total. The summed E-state index contributed by atoms with van der Waals surface area (Å²) in [4.78, 5) is 10.6. The van der Waals surface area contributed by atoms with E-state index in [1.165, 1.54) is 0 Å². The van der Waals surface area contributed by atoms with Crippen molar-refractivity contribution in [1.82, 2.24) is 0 Å². The van der Waals surface area contributed by atoms with Crippen LogP contribution in [0.3, 0.4) is 0 Å². The number of carboxylic acid groups (broad SMARTS) is 1. The van der Waals surface area contributed by atoms with E-state index in [2.05, 4.69) is 0 Å². The third-order valence-electron chi connectivity index (χ3n) is 3.35. The molecule has 0 aromatic carbocycles. The van der Waals surface area contributed by atoms with Gasteiger partial charge in [0.25, 0.3) is 0 Å². The normalized spacial score (nSPS) is 34.0. The molecule has 2 heterocycles. The van der Waals surface area contributed by atoms with Crippen molar-refractivity contribution >= 4 is 27.6 Å². The first-order valence-electron chi connectivity index (χ1n) is 5.59. The molecule has 0 saturated carbocycles. The number of aliphatic carboxylic acids is 1. The van der Waals surface area contributed by atoms with Gasteiger partial charge in [-0.05, 0) is 25.0 Å². The van der Waals surface area contributed by atoms with Crippen molar-refractivity contribution in [1.29, 1.82) is 0 Å². The average molecular weight is 280 g/mol. The van der Waals surface area contributed by atoms with Gasteiger partial charge in [-0.2, -0.15) is 11.8 Å². The van der Waals surface area contributed by atoms with E-state index in [9.17, 15) is 13.2 Å². The fourth-order valence-corrected chi connectivity index (χ4v) is 5.41. The van der Waals surface area contributed by atoms with Crippen molar-refractivity contribution in [2.45, 2.75) is 30.1 Å². The van der Waals surface area contributed by atoms with E-state index in [0.717, 1.165) is 17.9 Å². The van der Waals surface area contributed by atoms with Crippen LogP contribution in [0.4, 0.5) is 0 Å². The van der Waals surface area contributed by atoms with E-state index < -0.39 is 26.8 Å². The molecule has 2 rings (SSSR count). The molecule has 1 spiro atoms. The molecule has 2 fully saturated rings. The smallest absolute Gasteiger partial charge is 0.318 e. The van der Waals surface area contributed by atoms with Gasteiger partial charge < -0.3 is 9.84 Å². The van der Waals surface area contributed by atoms with Gasteiger partial charge in [-0.25, -0.2) is 8.42 Å². The SMILES string of the molecule is O=C(O)CS(=O)(=O)C1CCOC2(CCSC2)C1. The lowest BCUT2D eigenvalue weighted by atomic mass is 9.93. The van der Waals surface area contributed by atoms with Crippen molar-refractivity contribution < 1.29 is 23.1 Å². The van der Waals surface area contributed by atoms with Crippen LogP contribution in [0.5, 0.6) is 0 Å². The van der Waals surface area contributed by atoms with Crippen molar-refractivity contribution in [2.75, 3.05) is 23.9 Å². The number of hydrogen-bond donors (Lipinski definition) is 1. The minimum absolute atomic E-state index is 0.320. The third-order valence-corrected chi connectivity index (χ3v) is 6.64. The highest BCUT2D eigenvalue weighted by atomic mass is 32.2. The third kappa shape index (κ3) is 2.95. The molecule has 0 amide bonds. The highest BCUT2D eigenvalue weighted by Crippen LogP contribution is 2.40. The summed E-state index contributed by atoms with van der Waals surface area (Å²) < 4.78 is 29.5. The molecule has 0 radical (unpaired) electrons. The number of carbonyl (C=O) groups is 1. The summed E-state index contributed by atoms with van der Waals surface area (Å²) in [6.45, 7) is 0.421. The molecule has 0 aliphatic carbocycles. The quantitative estimate of drug-likeness (QED) is 0.812. The molecule has 2 saturated heterocycles. The Bertz CT molecular complexity index is 397. The largest absolute Gasteiger partial charge is 0.480 e. The molecule has 0 aromatic rings. The standard InChI is InChI=1S/C10H16O5S2/c11-9(12)6-17(13,14)8-1-3-15-10(5-8)2-4-16-7-10/h8H,1-7H2,(H,11,12). The first-order valence-corrected chi connectivity index (χ1v) is 8.46.